The molecule has 0 unspecified atom stereocenters. The minimum Gasteiger partial charge on any atom is -0.492 e. The molecule has 0 bridgehead atoms. The number of ether oxygens (including phenoxy) is 1. The number of hydrogen-bond acceptors (Lipinski definition) is 5. The highest BCUT2D eigenvalue weighted by molar-refractivity contribution is 5.75. The van der Waals surface area contributed by atoms with Crippen LogP contribution in [0.25, 0.3) is 11.4 Å². The molecule has 3 aromatic rings. The van der Waals surface area contributed by atoms with E-state index in [0.717, 1.165) is 11.3 Å². The fraction of sp³-hybridized carbons (Fsp3) is 0.222. The van der Waals surface area contributed by atoms with Gasteiger partial charge >= 0.3 is 0 Å². The molecule has 7 nitrogen and oxygen atoms in total. The monoisotopic (exact) mass is 337 g/mol. The SMILES string of the molecule is Cc1ccc(OCCNC(=O)Cn2nnc(-c3ccccc3)n2)cc1. The Bertz CT molecular complexity index is 815. The molecule has 0 fully saturated rings. The van der Waals surface area contributed by atoms with E-state index in [1.807, 2.05) is 61.5 Å². The third-order valence-electron chi connectivity index (χ3n) is 3.48. The van der Waals surface area contributed by atoms with Crippen LogP contribution in [-0.4, -0.2) is 39.3 Å². The second kappa shape index (κ2) is 8.05. The Balaban J connectivity index is 1.42. The maximum atomic E-state index is 11.9. The number of aryl methyl sites for hydroxylation is 1. The van der Waals surface area contributed by atoms with Gasteiger partial charge in [0.25, 0.3) is 0 Å². The molecule has 1 amide bonds. The second-order valence-electron chi connectivity index (χ2n) is 5.52. The molecule has 25 heavy (non-hydrogen) atoms. The summed E-state index contributed by atoms with van der Waals surface area (Å²) >= 11 is 0. The van der Waals surface area contributed by atoms with Gasteiger partial charge in [0.2, 0.25) is 11.7 Å². The number of benzene rings is 2. The van der Waals surface area contributed by atoms with Crippen molar-refractivity contribution in [2.45, 2.75) is 13.5 Å². The lowest BCUT2D eigenvalue weighted by Crippen LogP contribution is -2.31. The van der Waals surface area contributed by atoms with E-state index in [9.17, 15) is 4.79 Å². The lowest BCUT2D eigenvalue weighted by atomic mass is 10.2. The maximum Gasteiger partial charge on any atom is 0.243 e. The van der Waals surface area contributed by atoms with Gasteiger partial charge in [0.15, 0.2) is 0 Å². The largest absolute Gasteiger partial charge is 0.492 e. The summed E-state index contributed by atoms with van der Waals surface area (Å²) in [6, 6.07) is 17.3. The zero-order valence-corrected chi connectivity index (χ0v) is 13.9. The molecule has 1 heterocycles. The minimum atomic E-state index is -0.190. The van der Waals surface area contributed by atoms with E-state index in [1.165, 1.54) is 10.4 Å². The van der Waals surface area contributed by atoms with Crippen LogP contribution in [0.5, 0.6) is 5.75 Å². The molecule has 0 saturated heterocycles. The van der Waals surface area contributed by atoms with Gasteiger partial charge in [-0.25, -0.2) is 0 Å². The quantitative estimate of drug-likeness (QED) is 0.665. The summed E-state index contributed by atoms with van der Waals surface area (Å²) in [5.74, 6) is 1.09. The number of nitrogens with zero attached hydrogens (tertiary/aromatic N) is 4. The van der Waals surface area contributed by atoms with Gasteiger partial charge in [-0.1, -0.05) is 48.0 Å². The van der Waals surface area contributed by atoms with Crippen molar-refractivity contribution in [1.29, 1.82) is 0 Å². The number of carbonyl (C=O) groups is 1. The molecule has 1 aromatic heterocycles. The Morgan fingerprint density at radius 1 is 1.12 bits per heavy atom. The predicted molar refractivity (Wildman–Crippen MR) is 92.9 cm³/mol. The average molecular weight is 337 g/mol. The molecule has 0 radical (unpaired) electrons. The first-order chi connectivity index (χ1) is 12.2. The molecule has 0 spiro atoms. The first-order valence-corrected chi connectivity index (χ1v) is 8.00. The lowest BCUT2D eigenvalue weighted by Gasteiger charge is -2.07. The van der Waals surface area contributed by atoms with Crippen molar-refractivity contribution in [3.63, 3.8) is 0 Å². The van der Waals surface area contributed by atoms with Gasteiger partial charge in [-0.15, -0.1) is 10.2 Å². The number of tetrazole rings is 1. The van der Waals surface area contributed by atoms with Crippen LogP contribution in [0, 0.1) is 6.92 Å². The second-order valence-corrected chi connectivity index (χ2v) is 5.52. The summed E-state index contributed by atoms with van der Waals surface area (Å²) in [6.07, 6.45) is 0. The third-order valence-corrected chi connectivity index (χ3v) is 3.48. The highest BCUT2D eigenvalue weighted by atomic mass is 16.5. The molecule has 0 aliphatic carbocycles. The maximum absolute atomic E-state index is 11.9. The summed E-state index contributed by atoms with van der Waals surface area (Å²) in [4.78, 5) is 13.2. The smallest absolute Gasteiger partial charge is 0.243 e. The molecule has 0 atom stereocenters. The van der Waals surface area contributed by atoms with Crippen LogP contribution in [0.4, 0.5) is 0 Å². The van der Waals surface area contributed by atoms with Gasteiger partial charge in [0, 0.05) is 5.56 Å². The Morgan fingerprint density at radius 2 is 1.88 bits per heavy atom. The van der Waals surface area contributed by atoms with Crippen LogP contribution in [0.15, 0.2) is 54.6 Å². The fourth-order valence-corrected chi connectivity index (χ4v) is 2.19. The molecule has 7 heteroatoms. The van der Waals surface area contributed by atoms with Crippen LogP contribution < -0.4 is 10.1 Å². The first kappa shape index (κ1) is 16.6. The van der Waals surface area contributed by atoms with E-state index >= 15 is 0 Å². The zero-order chi connectivity index (χ0) is 17.5. The number of rotatable bonds is 7. The Morgan fingerprint density at radius 3 is 2.64 bits per heavy atom. The van der Waals surface area contributed by atoms with E-state index in [1.54, 1.807) is 0 Å². The summed E-state index contributed by atoms with van der Waals surface area (Å²) < 4.78 is 5.56. The van der Waals surface area contributed by atoms with Crippen LogP contribution in [0.3, 0.4) is 0 Å². The summed E-state index contributed by atoms with van der Waals surface area (Å²) in [6.45, 7) is 2.84. The minimum absolute atomic E-state index is 0.0182. The van der Waals surface area contributed by atoms with Crippen LogP contribution in [-0.2, 0) is 11.3 Å². The van der Waals surface area contributed by atoms with Crippen LogP contribution in [0.1, 0.15) is 5.56 Å². The number of amides is 1. The topological polar surface area (TPSA) is 81.9 Å². The van der Waals surface area contributed by atoms with Crippen molar-refractivity contribution < 1.29 is 9.53 Å². The summed E-state index contributed by atoms with van der Waals surface area (Å²) in [7, 11) is 0. The highest BCUT2D eigenvalue weighted by Crippen LogP contribution is 2.12. The van der Waals surface area contributed by atoms with E-state index in [4.69, 9.17) is 4.74 Å². The molecular weight excluding hydrogens is 318 g/mol. The van der Waals surface area contributed by atoms with E-state index < -0.39 is 0 Å². The van der Waals surface area contributed by atoms with Gasteiger partial charge in [-0.3, -0.25) is 4.79 Å². The van der Waals surface area contributed by atoms with Crippen molar-refractivity contribution in [1.82, 2.24) is 25.5 Å². The summed E-state index contributed by atoms with van der Waals surface area (Å²) in [5, 5.41) is 14.8. The van der Waals surface area contributed by atoms with Gasteiger partial charge in [0.1, 0.15) is 18.9 Å². The molecule has 1 N–H and O–H groups in total. The molecule has 128 valence electrons. The highest BCUT2D eigenvalue weighted by Gasteiger charge is 2.08. The van der Waals surface area contributed by atoms with Crippen LogP contribution >= 0.6 is 0 Å². The summed E-state index contributed by atoms with van der Waals surface area (Å²) in [5.41, 5.74) is 2.04. The Labute approximate surface area is 145 Å². The third kappa shape index (κ3) is 4.87. The first-order valence-electron chi connectivity index (χ1n) is 8.00. The number of aromatic nitrogens is 4. The predicted octanol–water partition coefficient (Wildman–Crippen LogP) is 1.84. The van der Waals surface area contributed by atoms with Crippen molar-refractivity contribution in [2.24, 2.45) is 0 Å². The van der Waals surface area contributed by atoms with Crippen molar-refractivity contribution in [3.05, 3.63) is 60.2 Å². The lowest BCUT2D eigenvalue weighted by molar-refractivity contribution is -0.122. The van der Waals surface area contributed by atoms with E-state index in [0.29, 0.717) is 19.0 Å². The molecule has 0 aliphatic heterocycles. The van der Waals surface area contributed by atoms with Crippen molar-refractivity contribution in [3.8, 4) is 17.1 Å². The van der Waals surface area contributed by atoms with E-state index in [2.05, 4.69) is 20.7 Å². The van der Waals surface area contributed by atoms with Crippen LogP contribution in [0.2, 0.25) is 0 Å². The molecule has 0 saturated carbocycles. The fourth-order valence-electron chi connectivity index (χ4n) is 2.19. The van der Waals surface area contributed by atoms with Crippen molar-refractivity contribution in [2.75, 3.05) is 13.2 Å². The molecular formula is C18H19N5O2. The number of nitrogens with one attached hydrogen (secondary N) is 1. The van der Waals surface area contributed by atoms with Gasteiger partial charge in [0.05, 0.1) is 6.54 Å². The molecule has 3 rings (SSSR count). The van der Waals surface area contributed by atoms with Gasteiger partial charge < -0.3 is 10.1 Å². The Hall–Kier alpha value is -3.22. The van der Waals surface area contributed by atoms with Gasteiger partial charge in [-0.05, 0) is 24.3 Å². The number of hydrogen-bond donors (Lipinski definition) is 1. The van der Waals surface area contributed by atoms with Crippen molar-refractivity contribution >= 4 is 5.91 Å². The van der Waals surface area contributed by atoms with Gasteiger partial charge in [-0.2, -0.15) is 4.80 Å². The molecule has 0 aliphatic rings. The normalized spacial score (nSPS) is 10.4. The Kier molecular flexibility index (Phi) is 5.36. The average Bonchev–Trinajstić information content (AvgIpc) is 3.09. The standard InChI is InChI=1S/C18H19N5O2/c1-14-7-9-16(10-8-14)25-12-11-19-17(24)13-23-21-18(20-22-23)15-5-3-2-4-6-15/h2-10H,11-13H2,1H3,(H,19,24). The van der Waals surface area contributed by atoms with E-state index in [-0.39, 0.29) is 12.5 Å². The zero-order valence-electron chi connectivity index (χ0n) is 13.9. The molecule has 2 aromatic carbocycles. The number of carbonyl (C=O) groups excluding carboxylic acids is 1.